The van der Waals surface area contributed by atoms with Crippen LogP contribution in [0.15, 0.2) is 0 Å². The van der Waals surface area contributed by atoms with Crippen LogP contribution in [0.5, 0.6) is 0 Å². The van der Waals surface area contributed by atoms with Gasteiger partial charge in [0.2, 0.25) is 0 Å². The maximum absolute atomic E-state index is 5.51. The highest BCUT2D eigenvalue weighted by Crippen LogP contribution is 2.18. The summed E-state index contributed by atoms with van der Waals surface area (Å²) in [5.74, 6) is 0. The minimum atomic E-state index is -2.37. The molecule has 0 amide bonds. The number of quaternary nitrogens is 1. The first-order valence-corrected chi connectivity index (χ1v) is 16.4. The molecule has 0 heterocycles. The van der Waals surface area contributed by atoms with Crippen LogP contribution in [0.4, 0.5) is 0 Å². The molecule has 0 fully saturated rings. The first-order chi connectivity index (χ1) is 15.9. The Morgan fingerprint density at radius 1 is 0.471 bits per heavy atom. The quantitative estimate of drug-likeness (QED) is 0.0797. The first-order valence-electron chi connectivity index (χ1n) is 14.4. The molecular formula is C28H62BrNO3Si. The summed E-state index contributed by atoms with van der Waals surface area (Å²) in [5.41, 5.74) is 0. The van der Waals surface area contributed by atoms with E-state index < -0.39 is 8.80 Å². The fourth-order valence-corrected chi connectivity index (χ4v) is 6.61. The van der Waals surface area contributed by atoms with Gasteiger partial charge in [0.25, 0.3) is 0 Å². The predicted octanol–water partition coefficient (Wildman–Crippen LogP) is 5.38. The summed E-state index contributed by atoms with van der Waals surface area (Å²) in [6.07, 6.45) is 26.7. The SMILES string of the molecule is CCCCCCCCCCCCCCCCCC[N+](C)(C)CCCCC[Si](OC)(OC)OC.[Br-]. The van der Waals surface area contributed by atoms with Crippen molar-refractivity contribution in [3.05, 3.63) is 0 Å². The van der Waals surface area contributed by atoms with E-state index in [-0.39, 0.29) is 17.0 Å². The maximum Gasteiger partial charge on any atom is 0.500 e. The third-order valence-corrected chi connectivity index (χ3v) is 10.1. The second kappa shape index (κ2) is 25.2. The maximum atomic E-state index is 5.51. The van der Waals surface area contributed by atoms with E-state index in [1.807, 2.05) is 0 Å². The predicted molar refractivity (Wildman–Crippen MR) is 147 cm³/mol. The molecule has 0 rings (SSSR count). The van der Waals surface area contributed by atoms with Gasteiger partial charge in [0, 0.05) is 27.4 Å². The van der Waals surface area contributed by atoms with E-state index in [2.05, 4.69) is 21.0 Å². The molecule has 0 N–H and O–H groups in total. The summed E-state index contributed by atoms with van der Waals surface area (Å²) in [6.45, 7) is 4.87. The topological polar surface area (TPSA) is 27.7 Å². The number of hydrogen-bond donors (Lipinski definition) is 0. The van der Waals surface area contributed by atoms with E-state index in [9.17, 15) is 0 Å². The number of rotatable bonds is 26. The Morgan fingerprint density at radius 3 is 1.09 bits per heavy atom. The minimum Gasteiger partial charge on any atom is -1.00 e. The van der Waals surface area contributed by atoms with Gasteiger partial charge in [-0.05, 0) is 32.1 Å². The number of unbranched alkanes of at least 4 members (excludes halogenated alkanes) is 17. The lowest BCUT2D eigenvalue weighted by molar-refractivity contribution is -0.890. The average molecular weight is 569 g/mol. The Balaban J connectivity index is 0. The van der Waals surface area contributed by atoms with Crippen molar-refractivity contribution < 1.29 is 34.7 Å². The zero-order chi connectivity index (χ0) is 24.7. The van der Waals surface area contributed by atoms with Gasteiger partial charge < -0.3 is 34.7 Å². The van der Waals surface area contributed by atoms with Crippen molar-refractivity contribution >= 4 is 8.80 Å². The molecule has 6 heteroatoms. The summed E-state index contributed by atoms with van der Waals surface area (Å²) >= 11 is 0. The van der Waals surface area contributed by atoms with E-state index in [0.717, 1.165) is 16.9 Å². The summed E-state index contributed by atoms with van der Waals surface area (Å²) in [6, 6.07) is 0.920. The minimum absolute atomic E-state index is 0. The molecule has 0 aliphatic carbocycles. The lowest BCUT2D eigenvalue weighted by atomic mass is 10.0. The van der Waals surface area contributed by atoms with Crippen LogP contribution in [-0.4, -0.2) is 61.8 Å². The van der Waals surface area contributed by atoms with Gasteiger partial charge in [0.05, 0.1) is 27.2 Å². The zero-order valence-electron chi connectivity index (χ0n) is 24.1. The highest BCUT2D eigenvalue weighted by molar-refractivity contribution is 6.60. The van der Waals surface area contributed by atoms with Crippen molar-refractivity contribution in [2.45, 2.75) is 135 Å². The Morgan fingerprint density at radius 2 is 0.765 bits per heavy atom. The van der Waals surface area contributed by atoms with E-state index in [4.69, 9.17) is 13.3 Å². The van der Waals surface area contributed by atoms with Gasteiger partial charge in [-0.15, -0.1) is 0 Å². The number of nitrogens with zero attached hydrogens (tertiary/aromatic N) is 1. The van der Waals surface area contributed by atoms with Crippen molar-refractivity contribution in [3.63, 3.8) is 0 Å². The molecule has 0 saturated carbocycles. The second-order valence-corrected chi connectivity index (χ2v) is 13.9. The first kappa shape index (κ1) is 36.7. The third kappa shape index (κ3) is 21.8. The van der Waals surface area contributed by atoms with Crippen molar-refractivity contribution in [2.75, 3.05) is 48.5 Å². The number of halogens is 1. The van der Waals surface area contributed by atoms with Crippen LogP contribution in [0.3, 0.4) is 0 Å². The lowest BCUT2D eigenvalue weighted by Crippen LogP contribution is -3.00. The molecule has 0 saturated heterocycles. The molecular weight excluding hydrogens is 506 g/mol. The largest absolute Gasteiger partial charge is 1.00 e. The summed E-state index contributed by atoms with van der Waals surface area (Å²) in [5, 5.41) is 0. The summed E-state index contributed by atoms with van der Waals surface area (Å²) < 4.78 is 17.7. The van der Waals surface area contributed by atoms with Crippen molar-refractivity contribution in [1.82, 2.24) is 0 Å². The summed E-state index contributed by atoms with van der Waals surface area (Å²) in [7, 11) is 7.53. The molecule has 0 spiro atoms. The molecule has 4 nitrogen and oxygen atoms in total. The van der Waals surface area contributed by atoms with Crippen LogP contribution in [0.2, 0.25) is 6.04 Å². The average Bonchev–Trinajstić information content (AvgIpc) is 2.81. The van der Waals surface area contributed by atoms with Crippen LogP contribution >= 0.6 is 0 Å². The molecule has 0 aromatic carbocycles. The Labute approximate surface area is 226 Å². The third-order valence-electron chi connectivity index (χ3n) is 7.30. The van der Waals surface area contributed by atoms with Crippen molar-refractivity contribution in [3.8, 4) is 0 Å². The number of hydrogen-bond acceptors (Lipinski definition) is 3. The van der Waals surface area contributed by atoms with Gasteiger partial charge in [0.15, 0.2) is 0 Å². The molecule has 0 radical (unpaired) electrons. The fraction of sp³-hybridized carbons (Fsp3) is 1.00. The van der Waals surface area contributed by atoms with Crippen LogP contribution < -0.4 is 17.0 Å². The molecule has 0 aromatic rings. The molecule has 0 aliphatic rings. The Hall–Kier alpha value is 0.537. The van der Waals surface area contributed by atoms with Crippen LogP contribution in [-0.2, 0) is 13.3 Å². The highest BCUT2D eigenvalue weighted by atomic mass is 79.9. The monoisotopic (exact) mass is 567 g/mol. The highest BCUT2D eigenvalue weighted by Gasteiger charge is 2.36. The molecule has 0 aromatic heterocycles. The molecule has 34 heavy (non-hydrogen) atoms. The van der Waals surface area contributed by atoms with Gasteiger partial charge in [-0.25, -0.2) is 0 Å². The van der Waals surface area contributed by atoms with E-state index >= 15 is 0 Å². The van der Waals surface area contributed by atoms with Gasteiger partial charge in [-0.2, -0.15) is 0 Å². The Bertz CT molecular complexity index is 401. The van der Waals surface area contributed by atoms with Crippen LogP contribution in [0.25, 0.3) is 0 Å². The van der Waals surface area contributed by atoms with Crippen LogP contribution in [0.1, 0.15) is 129 Å². The normalized spacial score (nSPS) is 12.2. The molecule has 0 unspecified atom stereocenters. The van der Waals surface area contributed by atoms with E-state index in [0.29, 0.717) is 0 Å². The molecule has 0 bridgehead atoms. The lowest BCUT2D eigenvalue weighted by Gasteiger charge is -2.30. The molecule has 0 aliphatic heterocycles. The fourth-order valence-electron chi connectivity index (χ4n) is 4.81. The standard InChI is InChI=1S/C28H62NO3Si.BrH/c1-7-8-9-10-11-12-13-14-15-16-17-18-19-20-21-23-26-29(2,3)27-24-22-25-28-33(30-4,31-5)32-6;/h7-28H2,1-6H3;1H/q+1;/p-1. The zero-order valence-corrected chi connectivity index (χ0v) is 26.7. The Kier molecular flexibility index (Phi) is 27.2. The van der Waals surface area contributed by atoms with E-state index in [1.54, 1.807) is 21.3 Å². The summed E-state index contributed by atoms with van der Waals surface area (Å²) in [4.78, 5) is 0. The van der Waals surface area contributed by atoms with Gasteiger partial charge in [0.1, 0.15) is 0 Å². The smallest absolute Gasteiger partial charge is 0.500 e. The molecule has 0 atom stereocenters. The van der Waals surface area contributed by atoms with Gasteiger partial charge >= 0.3 is 8.80 Å². The van der Waals surface area contributed by atoms with Crippen LogP contribution in [0, 0.1) is 0 Å². The van der Waals surface area contributed by atoms with Crippen molar-refractivity contribution in [1.29, 1.82) is 0 Å². The second-order valence-electron chi connectivity index (χ2n) is 10.8. The van der Waals surface area contributed by atoms with E-state index in [1.165, 1.54) is 129 Å². The van der Waals surface area contributed by atoms with Gasteiger partial charge in [-0.3, -0.25) is 0 Å². The van der Waals surface area contributed by atoms with Crippen molar-refractivity contribution in [2.24, 2.45) is 0 Å². The molecule has 208 valence electrons. The van der Waals surface area contributed by atoms with Gasteiger partial charge in [-0.1, -0.05) is 96.8 Å².